The molecular formula is C21H21NO5. The number of ether oxygens (including phenoxy) is 3. The third kappa shape index (κ3) is 7.97. The van der Waals surface area contributed by atoms with Crippen molar-refractivity contribution in [1.82, 2.24) is 5.32 Å². The largest absolute Gasteiger partial charge is 0.482 e. The van der Waals surface area contributed by atoms with E-state index in [9.17, 15) is 9.59 Å². The smallest absolute Gasteiger partial charge is 0.407 e. The number of esters is 1. The highest BCUT2D eigenvalue weighted by Gasteiger charge is 2.02. The van der Waals surface area contributed by atoms with Gasteiger partial charge in [-0.05, 0) is 29.8 Å². The average molecular weight is 367 g/mol. The molecule has 0 aliphatic heterocycles. The minimum atomic E-state index is -0.465. The topological polar surface area (TPSA) is 73.9 Å². The van der Waals surface area contributed by atoms with Crippen molar-refractivity contribution in [3.05, 3.63) is 65.7 Å². The molecule has 0 fully saturated rings. The number of rotatable bonds is 7. The highest BCUT2D eigenvalue weighted by atomic mass is 16.6. The lowest BCUT2D eigenvalue weighted by atomic mass is 10.2. The van der Waals surface area contributed by atoms with Crippen molar-refractivity contribution in [3.63, 3.8) is 0 Å². The molecule has 0 saturated carbocycles. The first-order valence-electron chi connectivity index (χ1n) is 8.40. The Balaban J connectivity index is 1.64. The Morgan fingerprint density at radius 3 is 2.48 bits per heavy atom. The Kier molecular flexibility index (Phi) is 8.25. The second-order valence-corrected chi connectivity index (χ2v) is 5.43. The highest BCUT2D eigenvalue weighted by molar-refractivity contribution is 5.70. The van der Waals surface area contributed by atoms with Gasteiger partial charge in [-0.15, -0.1) is 0 Å². The summed E-state index contributed by atoms with van der Waals surface area (Å²) in [7, 11) is 1.31. The van der Waals surface area contributed by atoms with Crippen molar-refractivity contribution in [2.24, 2.45) is 0 Å². The second kappa shape index (κ2) is 11.2. The Morgan fingerprint density at radius 2 is 1.78 bits per heavy atom. The molecule has 0 atom stereocenters. The van der Waals surface area contributed by atoms with Gasteiger partial charge in [0.1, 0.15) is 12.4 Å². The van der Waals surface area contributed by atoms with Crippen molar-refractivity contribution >= 4 is 12.1 Å². The molecule has 140 valence electrons. The fraction of sp³-hybridized carbons (Fsp3) is 0.238. The number of amides is 1. The van der Waals surface area contributed by atoms with Crippen LogP contribution in [0.3, 0.4) is 0 Å². The lowest BCUT2D eigenvalue weighted by Gasteiger charge is -2.05. The zero-order valence-corrected chi connectivity index (χ0v) is 15.1. The van der Waals surface area contributed by atoms with E-state index in [0.29, 0.717) is 18.7 Å². The van der Waals surface area contributed by atoms with Gasteiger partial charge in [0.2, 0.25) is 0 Å². The maximum Gasteiger partial charge on any atom is 0.407 e. The molecular weight excluding hydrogens is 346 g/mol. The predicted molar refractivity (Wildman–Crippen MR) is 100 cm³/mol. The minimum absolute atomic E-state index is 0.131. The lowest BCUT2D eigenvalue weighted by molar-refractivity contribution is -0.142. The van der Waals surface area contributed by atoms with Crippen molar-refractivity contribution in [3.8, 4) is 17.6 Å². The second-order valence-electron chi connectivity index (χ2n) is 5.43. The summed E-state index contributed by atoms with van der Waals surface area (Å²) in [4.78, 5) is 22.6. The van der Waals surface area contributed by atoms with Crippen molar-refractivity contribution < 1.29 is 23.8 Å². The van der Waals surface area contributed by atoms with E-state index in [1.165, 1.54) is 7.11 Å². The molecule has 0 spiro atoms. The summed E-state index contributed by atoms with van der Waals surface area (Å²) in [5, 5.41) is 2.65. The molecule has 0 heterocycles. The third-order valence-electron chi connectivity index (χ3n) is 3.40. The van der Waals surface area contributed by atoms with Crippen molar-refractivity contribution in [1.29, 1.82) is 0 Å². The number of methoxy groups -OCH3 is 1. The van der Waals surface area contributed by atoms with Crippen LogP contribution in [0.1, 0.15) is 17.5 Å². The average Bonchev–Trinajstić information content (AvgIpc) is 2.71. The van der Waals surface area contributed by atoms with Crippen LogP contribution >= 0.6 is 0 Å². The van der Waals surface area contributed by atoms with Gasteiger partial charge in [-0.25, -0.2) is 9.59 Å². The van der Waals surface area contributed by atoms with E-state index in [1.54, 1.807) is 24.3 Å². The van der Waals surface area contributed by atoms with E-state index in [2.05, 4.69) is 21.9 Å². The number of carbonyl (C=O) groups is 2. The van der Waals surface area contributed by atoms with Crippen LogP contribution in [0.4, 0.5) is 4.79 Å². The van der Waals surface area contributed by atoms with Gasteiger partial charge >= 0.3 is 12.1 Å². The lowest BCUT2D eigenvalue weighted by Crippen LogP contribution is -2.24. The molecule has 1 amide bonds. The van der Waals surface area contributed by atoms with Crippen LogP contribution in [0.25, 0.3) is 0 Å². The van der Waals surface area contributed by atoms with Gasteiger partial charge in [0, 0.05) is 18.5 Å². The number of benzene rings is 2. The van der Waals surface area contributed by atoms with Gasteiger partial charge in [0.05, 0.1) is 7.11 Å². The van der Waals surface area contributed by atoms with E-state index >= 15 is 0 Å². The Labute approximate surface area is 158 Å². The molecule has 0 aliphatic carbocycles. The highest BCUT2D eigenvalue weighted by Crippen LogP contribution is 2.11. The molecule has 0 aromatic heterocycles. The third-order valence-corrected chi connectivity index (χ3v) is 3.40. The molecule has 0 saturated heterocycles. The molecule has 0 aliphatic rings. The monoisotopic (exact) mass is 367 g/mol. The summed E-state index contributed by atoms with van der Waals surface area (Å²) in [6.07, 6.45) is 0.0360. The molecule has 6 heteroatoms. The summed E-state index contributed by atoms with van der Waals surface area (Å²) in [5.74, 6) is 6.09. The standard InChI is InChI=1S/C21H21NO5/c1-25-20(23)16-26-19-12-10-17(11-13-19)7-5-6-14-22-21(24)27-15-18-8-3-2-4-9-18/h2-4,8-13H,6,14-16H2,1H3,(H,22,24). The molecule has 1 N–H and O–H groups in total. The summed E-state index contributed by atoms with van der Waals surface area (Å²) >= 11 is 0. The first kappa shape index (κ1) is 19.9. The van der Waals surface area contributed by atoms with E-state index in [1.807, 2.05) is 30.3 Å². The van der Waals surface area contributed by atoms with Crippen LogP contribution in [0.5, 0.6) is 5.75 Å². The van der Waals surface area contributed by atoms with Crippen LogP contribution in [0, 0.1) is 11.8 Å². The molecule has 2 aromatic rings. The van der Waals surface area contributed by atoms with Crippen LogP contribution in [0.15, 0.2) is 54.6 Å². The van der Waals surface area contributed by atoms with Crippen molar-refractivity contribution in [2.45, 2.75) is 13.0 Å². The quantitative estimate of drug-likeness (QED) is 0.463. The van der Waals surface area contributed by atoms with E-state index in [-0.39, 0.29) is 13.2 Å². The van der Waals surface area contributed by atoms with Crippen LogP contribution in [-0.2, 0) is 20.9 Å². The van der Waals surface area contributed by atoms with Gasteiger partial charge < -0.3 is 19.5 Å². The predicted octanol–water partition coefficient (Wildman–Crippen LogP) is 2.91. The summed E-state index contributed by atoms with van der Waals surface area (Å²) in [6.45, 7) is 0.511. The van der Waals surface area contributed by atoms with E-state index in [4.69, 9.17) is 9.47 Å². The van der Waals surface area contributed by atoms with E-state index in [0.717, 1.165) is 11.1 Å². The minimum Gasteiger partial charge on any atom is -0.482 e. The molecule has 27 heavy (non-hydrogen) atoms. The van der Waals surface area contributed by atoms with E-state index < -0.39 is 12.1 Å². The van der Waals surface area contributed by atoms with Crippen LogP contribution in [0.2, 0.25) is 0 Å². The molecule has 0 radical (unpaired) electrons. The number of carbonyl (C=O) groups excluding carboxylic acids is 2. The number of alkyl carbamates (subject to hydrolysis) is 1. The Bertz CT molecular complexity index is 791. The molecule has 0 unspecified atom stereocenters. The van der Waals surface area contributed by atoms with Gasteiger partial charge in [0.15, 0.2) is 6.61 Å². The zero-order chi connectivity index (χ0) is 19.3. The maximum absolute atomic E-state index is 11.6. The number of hydrogen-bond acceptors (Lipinski definition) is 5. The van der Waals surface area contributed by atoms with Crippen LogP contribution in [-0.4, -0.2) is 32.3 Å². The summed E-state index contributed by atoms with van der Waals surface area (Å²) in [5.41, 5.74) is 1.75. The Morgan fingerprint density at radius 1 is 1.04 bits per heavy atom. The fourth-order valence-corrected chi connectivity index (χ4v) is 2.00. The normalized spacial score (nSPS) is 9.52. The molecule has 2 aromatic carbocycles. The van der Waals surface area contributed by atoms with Gasteiger partial charge in [-0.3, -0.25) is 0 Å². The van der Waals surface area contributed by atoms with Gasteiger partial charge in [0.25, 0.3) is 0 Å². The number of hydrogen-bond donors (Lipinski definition) is 1. The summed E-state index contributed by atoms with van der Waals surface area (Å²) in [6, 6.07) is 16.5. The SMILES string of the molecule is COC(=O)COc1ccc(C#CCCNC(=O)OCc2ccccc2)cc1. The van der Waals surface area contributed by atoms with Gasteiger partial charge in [-0.1, -0.05) is 42.2 Å². The van der Waals surface area contributed by atoms with Gasteiger partial charge in [-0.2, -0.15) is 0 Å². The number of nitrogens with one attached hydrogen (secondary N) is 1. The first-order valence-corrected chi connectivity index (χ1v) is 8.40. The fourth-order valence-electron chi connectivity index (χ4n) is 2.00. The maximum atomic E-state index is 11.6. The summed E-state index contributed by atoms with van der Waals surface area (Å²) < 4.78 is 14.9. The molecule has 6 nitrogen and oxygen atoms in total. The first-order chi connectivity index (χ1) is 13.2. The van der Waals surface area contributed by atoms with Crippen molar-refractivity contribution in [2.75, 3.05) is 20.3 Å². The molecule has 2 rings (SSSR count). The zero-order valence-electron chi connectivity index (χ0n) is 15.1. The molecule has 0 bridgehead atoms. The Hall–Kier alpha value is -3.46. The van der Waals surface area contributed by atoms with Crippen LogP contribution < -0.4 is 10.1 Å².